The van der Waals surface area contributed by atoms with Gasteiger partial charge >= 0.3 is 0 Å². The maximum atomic E-state index is 12.5. The Kier molecular flexibility index (Phi) is 4.53. The Hall–Kier alpha value is -2.39. The van der Waals surface area contributed by atoms with Crippen LogP contribution in [0, 0.1) is 12.8 Å². The van der Waals surface area contributed by atoms with Gasteiger partial charge in [0, 0.05) is 5.69 Å². The highest BCUT2D eigenvalue weighted by molar-refractivity contribution is 7.94. The van der Waals surface area contributed by atoms with Gasteiger partial charge in [-0.25, -0.2) is 21.1 Å². The van der Waals surface area contributed by atoms with Gasteiger partial charge in [-0.05, 0) is 48.9 Å². The third-order valence-electron chi connectivity index (χ3n) is 4.01. The van der Waals surface area contributed by atoms with Crippen molar-refractivity contribution < 1.29 is 21.6 Å². The van der Waals surface area contributed by atoms with E-state index in [0.29, 0.717) is 5.69 Å². The van der Waals surface area contributed by atoms with Crippen LogP contribution in [0.25, 0.3) is 0 Å². The van der Waals surface area contributed by atoms with Gasteiger partial charge in [0.05, 0.1) is 22.3 Å². The van der Waals surface area contributed by atoms with E-state index in [2.05, 4.69) is 4.72 Å². The topological polar surface area (TPSA) is 101 Å². The van der Waals surface area contributed by atoms with Crippen molar-refractivity contribution in [3.63, 3.8) is 0 Å². The number of nitrogens with one attached hydrogen (secondary N) is 1. The van der Waals surface area contributed by atoms with Crippen LogP contribution in [-0.4, -0.2) is 28.5 Å². The van der Waals surface area contributed by atoms with Crippen molar-refractivity contribution in [1.29, 1.82) is 0 Å². The number of benzene rings is 2. The van der Waals surface area contributed by atoms with Gasteiger partial charge in [-0.1, -0.05) is 19.1 Å². The predicted molar refractivity (Wildman–Crippen MR) is 98.9 cm³/mol. The van der Waals surface area contributed by atoms with Crippen LogP contribution in [0.15, 0.2) is 53.4 Å². The number of carbonyl (C=O) groups excluding carboxylic acids is 1. The molecule has 0 aromatic heterocycles. The molecule has 0 radical (unpaired) electrons. The van der Waals surface area contributed by atoms with Crippen molar-refractivity contribution in [2.75, 3.05) is 14.8 Å². The molecular formula is C17H18N2O5S2. The number of aryl methyl sites for hydroxylation is 1. The van der Waals surface area contributed by atoms with Gasteiger partial charge in [0.25, 0.3) is 10.0 Å². The number of nitrogens with zero attached hydrogens (tertiary/aromatic N) is 1. The summed E-state index contributed by atoms with van der Waals surface area (Å²) in [6.07, 6.45) is 0. The number of anilines is 2. The van der Waals surface area contributed by atoms with Crippen LogP contribution in [0.4, 0.5) is 11.4 Å². The summed E-state index contributed by atoms with van der Waals surface area (Å²) in [6.45, 7) is 3.39. The first kappa shape index (κ1) is 18.4. The molecule has 1 atom stereocenters. The summed E-state index contributed by atoms with van der Waals surface area (Å²) in [5, 5.41) is 0. The molecule has 9 heteroatoms. The molecular weight excluding hydrogens is 376 g/mol. The van der Waals surface area contributed by atoms with E-state index < -0.39 is 31.9 Å². The van der Waals surface area contributed by atoms with Gasteiger partial charge in [-0.2, -0.15) is 0 Å². The largest absolute Gasteiger partial charge is 0.280 e. The van der Waals surface area contributed by atoms with Gasteiger partial charge in [0.2, 0.25) is 15.9 Å². The second-order valence-electron chi connectivity index (χ2n) is 6.25. The molecule has 1 fully saturated rings. The van der Waals surface area contributed by atoms with Crippen LogP contribution in [-0.2, 0) is 24.8 Å². The third kappa shape index (κ3) is 3.45. The molecule has 1 aliphatic rings. The first-order chi connectivity index (χ1) is 12.1. The Labute approximate surface area is 152 Å². The molecule has 0 unspecified atom stereocenters. The second kappa shape index (κ2) is 6.40. The fraction of sp³-hybridized carbons (Fsp3) is 0.235. The Balaban J connectivity index is 1.89. The summed E-state index contributed by atoms with van der Waals surface area (Å²) in [5.41, 5.74) is 1.47. The first-order valence-electron chi connectivity index (χ1n) is 7.86. The standard InChI is InChI=1S/C17H18N2O5S2/c1-12-4-3-5-14(10-12)18-26(23,24)16-8-6-15(7-9-16)19-17(20)13(2)11-25(19,21)22/h3-10,13,18H,11H2,1-2H3/t13-/m1/s1. The quantitative estimate of drug-likeness (QED) is 0.856. The molecule has 2 aromatic rings. The fourth-order valence-electron chi connectivity index (χ4n) is 2.77. The number of hydrogen-bond acceptors (Lipinski definition) is 5. The van der Waals surface area contributed by atoms with E-state index in [4.69, 9.17) is 0 Å². The van der Waals surface area contributed by atoms with E-state index in [1.807, 2.05) is 13.0 Å². The van der Waals surface area contributed by atoms with Crippen LogP contribution < -0.4 is 9.03 Å². The van der Waals surface area contributed by atoms with Crippen LogP contribution >= 0.6 is 0 Å². The lowest BCUT2D eigenvalue weighted by molar-refractivity contribution is -0.119. The number of hydrogen-bond donors (Lipinski definition) is 1. The van der Waals surface area contributed by atoms with Gasteiger partial charge < -0.3 is 0 Å². The Morgan fingerprint density at radius 2 is 1.77 bits per heavy atom. The maximum Gasteiger partial charge on any atom is 0.261 e. The van der Waals surface area contributed by atoms with E-state index >= 15 is 0 Å². The molecule has 0 bridgehead atoms. The minimum Gasteiger partial charge on any atom is -0.280 e. The highest BCUT2D eigenvalue weighted by Gasteiger charge is 2.41. The minimum atomic E-state index is -3.83. The maximum absolute atomic E-state index is 12.5. The highest BCUT2D eigenvalue weighted by Crippen LogP contribution is 2.29. The Bertz CT molecular complexity index is 1060. The molecule has 138 valence electrons. The Morgan fingerprint density at radius 3 is 2.31 bits per heavy atom. The summed E-state index contributed by atoms with van der Waals surface area (Å²) < 4.78 is 52.4. The number of amides is 1. The van der Waals surface area contributed by atoms with E-state index in [0.717, 1.165) is 9.87 Å². The number of rotatable bonds is 4. The second-order valence-corrected chi connectivity index (χ2v) is 9.80. The molecule has 0 saturated carbocycles. The smallest absolute Gasteiger partial charge is 0.261 e. The molecule has 1 N–H and O–H groups in total. The van der Waals surface area contributed by atoms with Crippen molar-refractivity contribution in [2.24, 2.45) is 5.92 Å². The lowest BCUT2D eigenvalue weighted by Gasteiger charge is -2.16. The van der Waals surface area contributed by atoms with Crippen molar-refractivity contribution >= 4 is 37.3 Å². The molecule has 7 nitrogen and oxygen atoms in total. The molecule has 1 amide bonds. The van der Waals surface area contributed by atoms with E-state index in [9.17, 15) is 21.6 Å². The molecule has 1 aliphatic heterocycles. The molecule has 26 heavy (non-hydrogen) atoms. The summed E-state index contributed by atoms with van der Waals surface area (Å²) >= 11 is 0. The summed E-state index contributed by atoms with van der Waals surface area (Å²) in [4.78, 5) is 12.1. The Morgan fingerprint density at radius 1 is 1.12 bits per heavy atom. The average molecular weight is 394 g/mol. The number of carbonyl (C=O) groups is 1. The van der Waals surface area contributed by atoms with Crippen LogP contribution in [0.1, 0.15) is 12.5 Å². The highest BCUT2D eigenvalue weighted by atomic mass is 32.2. The molecule has 0 spiro atoms. The summed E-state index contributed by atoms with van der Waals surface area (Å²) in [5.74, 6) is -1.38. The van der Waals surface area contributed by atoms with E-state index in [1.54, 1.807) is 25.1 Å². The van der Waals surface area contributed by atoms with Crippen molar-refractivity contribution in [2.45, 2.75) is 18.7 Å². The minimum absolute atomic E-state index is 0.0279. The zero-order chi connectivity index (χ0) is 19.1. The van der Waals surface area contributed by atoms with Gasteiger partial charge in [0.1, 0.15) is 0 Å². The zero-order valence-corrected chi connectivity index (χ0v) is 15.8. The normalized spacial score (nSPS) is 19.5. The fourth-order valence-corrected chi connectivity index (χ4v) is 5.64. The first-order valence-corrected chi connectivity index (χ1v) is 11.0. The van der Waals surface area contributed by atoms with Crippen molar-refractivity contribution in [3.8, 4) is 0 Å². The molecule has 0 aliphatic carbocycles. The molecule has 1 heterocycles. The van der Waals surface area contributed by atoms with Crippen molar-refractivity contribution in [3.05, 3.63) is 54.1 Å². The number of sulfonamides is 2. The molecule has 1 saturated heterocycles. The average Bonchev–Trinajstić information content (AvgIpc) is 2.74. The van der Waals surface area contributed by atoms with Crippen molar-refractivity contribution in [1.82, 2.24) is 0 Å². The van der Waals surface area contributed by atoms with E-state index in [1.165, 1.54) is 24.3 Å². The van der Waals surface area contributed by atoms with Crippen LogP contribution in [0.2, 0.25) is 0 Å². The summed E-state index contributed by atoms with van der Waals surface area (Å²) in [7, 11) is -7.55. The lowest BCUT2D eigenvalue weighted by Crippen LogP contribution is -2.30. The van der Waals surface area contributed by atoms with Gasteiger partial charge in [-0.15, -0.1) is 0 Å². The van der Waals surface area contributed by atoms with Gasteiger partial charge in [-0.3, -0.25) is 9.52 Å². The van der Waals surface area contributed by atoms with Crippen LogP contribution in [0.3, 0.4) is 0 Å². The third-order valence-corrected chi connectivity index (χ3v) is 7.28. The SMILES string of the molecule is Cc1cccc(NS(=O)(=O)c2ccc(N3C(=O)[C@H](C)CS3(=O)=O)cc2)c1. The lowest BCUT2D eigenvalue weighted by atomic mass is 10.2. The van der Waals surface area contributed by atoms with E-state index in [-0.39, 0.29) is 16.3 Å². The monoisotopic (exact) mass is 394 g/mol. The summed E-state index contributed by atoms with van der Waals surface area (Å²) in [6, 6.07) is 12.1. The van der Waals surface area contributed by atoms with Crippen LogP contribution in [0.5, 0.6) is 0 Å². The van der Waals surface area contributed by atoms with Gasteiger partial charge in [0.15, 0.2) is 0 Å². The molecule has 3 rings (SSSR count). The zero-order valence-electron chi connectivity index (χ0n) is 14.2. The predicted octanol–water partition coefficient (Wildman–Crippen LogP) is 2.11. The molecule has 2 aromatic carbocycles.